The summed E-state index contributed by atoms with van der Waals surface area (Å²) in [5.74, 6) is 0.0413. The number of amides is 1. The Balaban J connectivity index is 2.14. The van der Waals surface area contributed by atoms with E-state index in [0.717, 1.165) is 17.4 Å². The molecule has 1 aromatic carbocycles. The maximum absolute atomic E-state index is 12.9. The van der Waals surface area contributed by atoms with Gasteiger partial charge in [0.2, 0.25) is 15.9 Å². The van der Waals surface area contributed by atoms with Crippen molar-refractivity contribution in [1.82, 2.24) is 9.62 Å². The van der Waals surface area contributed by atoms with Crippen molar-refractivity contribution in [3.63, 3.8) is 0 Å². The largest absolute Gasteiger partial charge is 0.340 e. The number of rotatable bonds is 4. The van der Waals surface area contributed by atoms with Gasteiger partial charge in [-0.15, -0.1) is 0 Å². The van der Waals surface area contributed by atoms with Crippen molar-refractivity contribution in [1.29, 1.82) is 0 Å². The molecule has 0 bridgehead atoms. The summed E-state index contributed by atoms with van der Waals surface area (Å²) in [5.41, 5.74) is 1.48. The first-order valence-electron chi connectivity index (χ1n) is 7.44. The number of hydrogen-bond acceptors (Lipinski definition) is 3. The lowest BCUT2D eigenvalue weighted by atomic mass is 9.81. The SMILES string of the molecule is Cc1ccccc1C(C)(C)C(=O)N1CCC(NS(C)(=O)=O)C1. The normalized spacial score (nSPS) is 19.5. The molecule has 0 aromatic heterocycles. The van der Waals surface area contributed by atoms with Gasteiger partial charge in [-0.3, -0.25) is 4.79 Å². The number of carbonyl (C=O) groups excluding carboxylic acids is 1. The van der Waals surface area contributed by atoms with Gasteiger partial charge in [-0.2, -0.15) is 0 Å². The van der Waals surface area contributed by atoms with Crippen molar-refractivity contribution in [2.75, 3.05) is 19.3 Å². The van der Waals surface area contributed by atoms with E-state index in [9.17, 15) is 13.2 Å². The summed E-state index contributed by atoms with van der Waals surface area (Å²) in [6.45, 7) is 6.87. The second kappa shape index (κ2) is 6.01. The number of aryl methyl sites for hydroxylation is 1. The van der Waals surface area contributed by atoms with Crippen molar-refractivity contribution in [2.45, 2.75) is 38.6 Å². The van der Waals surface area contributed by atoms with Crippen molar-refractivity contribution in [3.8, 4) is 0 Å². The average Bonchev–Trinajstić information content (AvgIpc) is 2.84. The third-order valence-electron chi connectivity index (χ3n) is 4.21. The maximum atomic E-state index is 12.9. The Kier molecular flexibility index (Phi) is 4.63. The zero-order valence-corrected chi connectivity index (χ0v) is 14.4. The molecule has 1 amide bonds. The zero-order valence-electron chi connectivity index (χ0n) is 13.6. The van der Waals surface area contributed by atoms with E-state index in [1.54, 1.807) is 4.90 Å². The molecule has 1 heterocycles. The Bertz CT molecular complexity index is 668. The molecule has 1 N–H and O–H groups in total. The van der Waals surface area contributed by atoms with E-state index in [1.807, 2.05) is 45.0 Å². The van der Waals surface area contributed by atoms with E-state index in [1.165, 1.54) is 0 Å². The van der Waals surface area contributed by atoms with Crippen LogP contribution >= 0.6 is 0 Å². The first-order chi connectivity index (χ1) is 10.1. The number of benzene rings is 1. The van der Waals surface area contributed by atoms with Crippen LogP contribution in [0.3, 0.4) is 0 Å². The van der Waals surface area contributed by atoms with Crippen LogP contribution in [0.2, 0.25) is 0 Å². The quantitative estimate of drug-likeness (QED) is 0.911. The summed E-state index contributed by atoms with van der Waals surface area (Å²) in [4.78, 5) is 14.6. The summed E-state index contributed by atoms with van der Waals surface area (Å²) in [5, 5.41) is 0. The van der Waals surface area contributed by atoms with E-state index in [-0.39, 0.29) is 11.9 Å². The van der Waals surface area contributed by atoms with E-state index >= 15 is 0 Å². The fraction of sp³-hybridized carbons (Fsp3) is 0.562. The molecule has 1 aliphatic heterocycles. The smallest absolute Gasteiger partial charge is 0.232 e. The van der Waals surface area contributed by atoms with Gasteiger partial charge < -0.3 is 4.90 Å². The van der Waals surface area contributed by atoms with Crippen LogP contribution in [0.5, 0.6) is 0 Å². The highest BCUT2D eigenvalue weighted by Gasteiger charge is 2.38. The predicted octanol–water partition coefficient (Wildman–Crippen LogP) is 1.42. The van der Waals surface area contributed by atoms with Gasteiger partial charge in [0.1, 0.15) is 0 Å². The highest BCUT2D eigenvalue weighted by Crippen LogP contribution is 2.29. The van der Waals surface area contributed by atoms with Gasteiger partial charge in [0.25, 0.3) is 0 Å². The maximum Gasteiger partial charge on any atom is 0.232 e. The second-order valence-electron chi connectivity index (χ2n) is 6.57. The molecule has 1 unspecified atom stereocenters. The first-order valence-corrected chi connectivity index (χ1v) is 9.33. The molecule has 0 radical (unpaired) electrons. The highest BCUT2D eigenvalue weighted by atomic mass is 32.2. The highest BCUT2D eigenvalue weighted by molar-refractivity contribution is 7.88. The van der Waals surface area contributed by atoms with Gasteiger partial charge in [0.05, 0.1) is 11.7 Å². The molecule has 2 rings (SSSR count). The first kappa shape index (κ1) is 17.0. The predicted molar refractivity (Wildman–Crippen MR) is 87.2 cm³/mol. The zero-order chi connectivity index (χ0) is 16.5. The Morgan fingerprint density at radius 1 is 1.32 bits per heavy atom. The van der Waals surface area contributed by atoms with E-state index in [2.05, 4.69) is 4.72 Å². The molecule has 1 aliphatic rings. The third kappa shape index (κ3) is 3.67. The minimum absolute atomic E-state index is 0.0413. The molecule has 1 fully saturated rings. The summed E-state index contributed by atoms with van der Waals surface area (Å²) >= 11 is 0. The fourth-order valence-electron chi connectivity index (χ4n) is 3.13. The number of nitrogens with one attached hydrogen (secondary N) is 1. The van der Waals surface area contributed by atoms with Gasteiger partial charge in [-0.1, -0.05) is 24.3 Å². The average molecular weight is 324 g/mol. The van der Waals surface area contributed by atoms with Crippen LogP contribution < -0.4 is 4.72 Å². The number of nitrogens with zero attached hydrogens (tertiary/aromatic N) is 1. The van der Waals surface area contributed by atoms with Gasteiger partial charge >= 0.3 is 0 Å². The molecule has 0 saturated carbocycles. The molecule has 1 aromatic rings. The number of sulfonamides is 1. The van der Waals surface area contributed by atoms with E-state index < -0.39 is 15.4 Å². The standard InChI is InChI=1S/C16H24N2O3S/c1-12-7-5-6-8-14(12)16(2,3)15(19)18-10-9-13(11-18)17-22(4,20)21/h5-8,13,17H,9-11H2,1-4H3. The Hall–Kier alpha value is -1.40. The van der Waals surface area contributed by atoms with Gasteiger partial charge in [-0.25, -0.2) is 13.1 Å². The van der Waals surface area contributed by atoms with Crippen molar-refractivity contribution in [2.24, 2.45) is 0 Å². The molecule has 122 valence electrons. The molecule has 5 nitrogen and oxygen atoms in total. The topological polar surface area (TPSA) is 66.5 Å². The van der Waals surface area contributed by atoms with Crippen molar-refractivity contribution in [3.05, 3.63) is 35.4 Å². The molecule has 1 atom stereocenters. The summed E-state index contributed by atoms with van der Waals surface area (Å²) < 4.78 is 25.2. The Morgan fingerprint density at radius 3 is 2.55 bits per heavy atom. The summed E-state index contributed by atoms with van der Waals surface area (Å²) in [7, 11) is -3.24. The minimum atomic E-state index is -3.24. The third-order valence-corrected chi connectivity index (χ3v) is 4.97. The molecular formula is C16H24N2O3S. The second-order valence-corrected chi connectivity index (χ2v) is 8.35. The van der Waals surface area contributed by atoms with Gasteiger partial charge in [-0.05, 0) is 38.3 Å². The van der Waals surface area contributed by atoms with Crippen LogP contribution in [0.1, 0.15) is 31.4 Å². The fourth-order valence-corrected chi connectivity index (χ4v) is 3.93. The minimum Gasteiger partial charge on any atom is -0.340 e. The number of hydrogen-bond donors (Lipinski definition) is 1. The molecule has 22 heavy (non-hydrogen) atoms. The van der Waals surface area contributed by atoms with Crippen LogP contribution in [0.25, 0.3) is 0 Å². The molecule has 0 aliphatic carbocycles. The van der Waals surface area contributed by atoms with Crippen LogP contribution in [-0.4, -0.2) is 44.6 Å². The van der Waals surface area contributed by atoms with E-state index in [4.69, 9.17) is 0 Å². The lowest BCUT2D eigenvalue weighted by molar-refractivity contribution is -0.135. The number of likely N-dealkylation sites (tertiary alicyclic amines) is 1. The van der Waals surface area contributed by atoms with Gasteiger partial charge in [0, 0.05) is 19.1 Å². The molecular weight excluding hydrogens is 300 g/mol. The van der Waals surface area contributed by atoms with Crippen LogP contribution in [0.15, 0.2) is 24.3 Å². The van der Waals surface area contributed by atoms with Crippen LogP contribution in [0.4, 0.5) is 0 Å². The lowest BCUT2D eigenvalue weighted by Crippen LogP contribution is -2.44. The van der Waals surface area contributed by atoms with Crippen LogP contribution in [0, 0.1) is 6.92 Å². The van der Waals surface area contributed by atoms with Crippen molar-refractivity contribution < 1.29 is 13.2 Å². The monoisotopic (exact) mass is 324 g/mol. The van der Waals surface area contributed by atoms with Gasteiger partial charge in [0.15, 0.2) is 0 Å². The molecule has 1 saturated heterocycles. The van der Waals surface area contributed by atoms with E-state index in [0.29, 0.717) is 19.5 Å². The Morgan fingerprint density at radius 2 is 1.95 bits per heavy atom. The molecule has 6 heteroatoms. The number of carbonyl (C=O) groups is 1. The van der Waals surface area contributed by atoms with Crippen LogP contribution in [-0.2, 0) is 20.2 Å². The Labute approximate surface area is 132 Å². The molecule has 0 spiro atoms. The summed E-state index contributed by atoms with van der Waals surface area (Å²) in [6.07, 6.45) is 1.80. The lowest BCUT2D eigenvalue weighted by Gasteiger charge is -2.31. The summed E-state index contributed by atoms with van der Waals surface area (Å²) in [6, 6.07) is 7.70. The van der Waals surface area contributed by atoms with Crippen molar-refractivity contribution >= 4 is 15.9 Å².